The molecular weight excluding hydrogens is 455 g/mol. The van der Waals surface area contributed by atoms with Gasteiger partial charge >= 0.3 is 0 Å². The molecule has 0 aromatic heterocycles. The van der Waals surface area contributed by atoms with Crippen LogP contribution < -0.4 is 14.8 Å². The first kappa shape index (κ1) is 18.2. The van der Waals surface area contributed by atoms with Crippen molar-refractivity contribution in [3.8, 4) is 5.75 Å². The zero-order chi connectivity index (χ0) is 18.0. The van der Waals surface area contributed by atoms with Crippen molar-refractivity contribution in [2.75, 3.05) is 12.4 Å². The smallest absolute Gasteiger partial charge is 0.255 e. The van der Waals surface area contributed by atoms with Crippen LogP contribution in [0.5, 0.6) is 5.75 Å². The van der Waals surface area contributed by atoms with E-state index >= 15 is 0 Å². The van der Waals surface area contributed by atoms with Crippen LogP contribution in [0.1, 0.15) is 23.2 Å². The van der Waals surface area contributed by atoms with E-state index in [4.69, 9.17) is 4.74 Å². The number of amides is 1. The van der Waals surface area contributed by atoms with Crippen LogP contribution >= 0.6 is 22.6 Å². The molecule has 1 aliphatic carbocycles. The lowest BCUT2D eigenvalue weighted by Gasteiger charge is -2.13. The predicted molar refractivity (Wildman–Crippen MR) is 103 cm³/mol. The van der Waals surface area contributed by atoms with E-state index in [0.717, 1.165) is 16.4 Å². The standard InChI is InChI=1S/C17H17IN2O4S/c1-24-16-8-7-14(25(22,23)20-13-5-6-13)10-15(16)19-17(21)11-3-2-4-12(18)9-11/h2-4,7-10,13,20H,5-6H2,1H3,(H,19,21). The van der Waals surface area contributed by atoms with Crippen molar-refractivity contribution in [2.45, 2.75) is 23.8 Å². The van der Waals surface area contributed by atoms with Crippen LogP contribution in [0, 0.1) is 3.57 Å². The quantitative estimate of drug-likeness (QED) is 0.634. The Morgan fingerprint density at radius 3 is 2.60 bits per heavy atom. The highest BCUT2D eigenvalue weighted by atomic mass is 127. The summed E-state index contributed by atoms with van der Waals surface area (Å²) in [5.74, 6) is 0.0610. The molecule has 0 unspecified atom stereocenters. The molecule has 1 fully saturated rings. The molecular formula is C17H17IN2O4S. The number of sulfonamides is 1. The molecule has 25 heavy (non-hydrogen) atoms. The van der Waals surface area contributed by atoms with Gasteiger partial charge in [0.1, 0.15) is 5.75 Å². The molecule has 1 amide bonds. The number of carbonyl (C=O) groups excluding carboxylic acids is 1. The fraction of sp³-hybridized carbons (Fsp3) is 0.235. The number of hydrogen-bond donors (Lipinski definition) is 2. The lowest BCUT2D eigenvalue weighted by molar-refractivity contribution is 0.102. The van der Waals surface area contributed by atoms with Crippen molar-refractivity contribution in [1.82, 2.24) is 4.72 Å². The van der Waals surface area contributed by atoms with Crippen LogP contribution in [-0.2, 0) is 10.0 Å². The Hall–Kier alpha value is -1.65. The van der Waals surface area contributed by atoms with Crippen LogP contribution in [-0.4, -0.2) is 27.5 Å². The molecule has 2 N–H and O–H groups in total. The second-order valence-electron chi connectivity index (χ2n) is 5.72. The summed E-state index contributed by atoms with van der Waals surface area (Å²) < 4.78 is 33.5. The van der Waals surface area contributed by atoms with Crippen molar-refractivity contribution >= 4 is 44.2 Å². The van der Waals surface area contributed by atoms with E-state index < -0.39 is 10.0 Å². The minimum Gasteiger partial charge on any atom is -0.495 e. The van der Waals surface area contributed by atoms with Crippen molar-refractivity contribution in [1.29, 1.82) is 0 Å². The Morgan fingerprint density at radius 1 is 1.20 bits per heavy atom. The minimum atomic E-state index is -3.61. The van der Waals surface area contributed by atoms with Gasteiger partial charge in [0.15, 0.2) is 0 Å². The maximum absolute atomic E-state index is 12.4. The van der Waals surface area contributed by atoms with Crippen LogP contribution in [0.25, 0.3) is 0 Å². The molecule has 0 radical (unpaired) electrons. The summed E-state index contributed by atoms with van der Waals surface area (Å²) in [6, 6.07) is 11.5. The number of ether oxygens (including phenoxy) is 1. The molecule has 0 spiro atoms. The summed E-state index contributed by atoms with van der Waals surface area (Å²) in [5, 5.41) is 2.73. The van der Waals surface area contributed by atoms with Gasteiger partial charge in [-0.2, -0.15) is 0 Å². The maximum atomic E-state index is 12.4. The first-order chi connectivity index (χ1) is 11.9. The fourth-order valence-corrected chi connectivity index (χ4v) is 4.14. The number of hydrogen-bond acceptors (Lipinski definition) is 4. The van der Waals surface area contributed by atoms with Gasteiger partial charge in [-0.3, -0.25) is 4.79 Å². The van der Waals surface area contributed by atoms with E-state index in [1.807, 2.05) is 6.07 Å². The number of halogens is 1. The van der Waals surface area contributed by atoms with Gasteiger partial charge in [-0.15, -0.1) is 0 Å². The molecule has 6 nitrogen and oxygen atoms in total. The number of carbonyl (C=O) groups is 1. The third kappa shape index (κ3) is 4.50. The average Bonchev–Trinajstić information content (AvgIpc) is 3.38. The molecule has 0 aliphatic heterocycles. The van der Waals surface area contributed by atoms with E-state index in [1.165, 1.54) is 25.3 Å². The summed E-state index contributed by atoms with van der Waals surface area (Å²) in [4.78, 5) is 12.5. The zero-order valence-electron chi connectivity index (χ0n) is 13.5. The lowest BCUT2D eigenvalue weighted by atomic mass is 10.2. The summed E-state index contributed by atoms with van der Waals surface area (Å²) in [6.45, 7) is 0. The second-order valence-corrected chi connectivity index (χ2v) is 8.68. The van der Waals surface area contributed by atoms with Crippen LogP contribution in [0.3, 0.4) is 0 Å². The number of benzene rings is 2. The second kappa shape index (κ2) is 7.30. The Kier molecular flexibility index (Phi) is 5.30. The first-order valence-electron chi connectivity index (χ1n) is 7.66. The number of methoxy groups -OCH3 is 1. The number of nitrogens with one attached hydrogen (secondary N) is 2. The van der Waals surface area contributed by atoms with Gasteiger partial charge in [0.25, 0.3) is 5.91 Å². The van der Waals surface area contributed by atoms with E-state index in [2.05, 4.69) is 32.6 Å². The Labute approximate surface area is 160 Å². The van der Waals surface area contributed by atoms with E-state index in [0.29, 0.717) is 17.0 Å². The molecule has 0 heterocycles. The summed E-state index contributed by atoms with van der Waals surface area (Å²) in [6.07, 6.45) is 1.71. The fourth-order valence-electron chi connectivity index (χ4n) is 2.26. The van der Waals surface area contributed by atoms with Crippen molar-refractivity contribution in [3.05, 3.63) is 51.6 Å². The average molecular weight is 472 g/mol. The molecule has 2 aromatic carbocycles. The van der Waals surface area contributed by atoms with Crippen LogP contribution in [0.2, 0.25) is 0 Å². The van der Waals surface area contributed by atoms with Crippen LogP contribution in [0.15, 0.2) is 47.4 Å². The summed E-state index contributed by atoms with van der Waals surface area (Å²) in [5.41, 5.74) is 0.795. The summed E-state index contributed by atoms with van der Waals surface area (Å²) in [7, 11) is -2.14. The molecule has 1 saturated carbocycles. The minimum absolute atomic E-state index is 0.0107. The van der Waals surface area contributed by atoms with Crippen LogP contribution in [0.4, 0.5) is 5.69 Å². The molecule has 3 rings (SSSR count). The SMILES string of the molecule is COc1ccc(S(=O)(=O)NC2CC2)cc1NC(=O)c1cccc(I)c1. The van der Waals surface area contributed by atoms with Gasteiger partial charge in [-0.1, -0.05) is 6.07 Å². The molecule has 0 atom stereocenters. The molecule has 8 heteroatoms. The van der Waals surface area contributed by atoms with E-state index in [-0.39, 0.29) is 16.8 Å². The largest absolute Gasteiger partial charge is 0.495 e. The third-order valence-corrected chi connectivity index (χ3v) is 5.90. The van der Waals surface area contributed by atoms with Gasteiger partial charge in [0.05, 0.1) is 17.7 Å². The molecule has 1 aliphatic rings. The highest BCUT2D eigenvalue weighted by Gasteiger charge is 2.28. The number of anilines is 1. The van der Waals surface area contributed by atoms with E-state index in [1.54, 1.807) is 18.2 Å². The zero-order valence-corrected chi connectivity index (χ0v) is 16.4. The highest BCUT2D eigenvalue weighted by molar-refractivity contribution is 14.1. The molecule has 2 aromatic rings. The van der Waals surface area contributed by atoms with Gasteiger partial charge in [0, 0.05) is 15.2 Å². The normalized spacial score (nSPS) is 14.2. The van der Waals surface area contributed by atoms with E-state index in [9.17, 15) is 13.2 Å². The Balaban J connectivity index is 1.88. The Morgan fingerprint density at radius 2 is 1.96 bits per heavy atom. The Bertz CT molecular complexity index is 911. The molecule has 0 saturated heterocycles. The first-order valence-corrected chi connectivity index (χ1v) is 10.2. The summed E-state index contributed by atoms with van der Waals surface area (Å²) >= 11 is 2.12. The topological polar surface area (TPSA) is 84.5 Å². The van der Waals surface area contributed by atoms with Gasteiger partial charge in [-0.05, 0) is 71.8 Å². The van der Waals surface area contributed by atoms with Crippen molar-refractivity contribution < 1.29 is 17.9 Å². The highest BCUT2D eigenvalue weighted by Crippen LogP contribution is 2.29. The van der Waals surface area contributed by atoms with Crippen molar-refractivity contribution in [3.63, 3.8) is 0 Å². The van der Waals surface area contributed by atoms with Crippen molar-refractivity contribution in [2.24, 2.45) is 0 Å². The monoisotopic (exact) mass is 472 g/mol. The van der Waals surface area contributed by atoms with Gasteiger partial charge < -0.3 is 10.1 Å². The molecule has 132 valence electrons. The third-order valence-electron chi connectivity index (χ3n) is 3.72. The number of rotatable bonds is 6. The maximum Gasteiger partial charge on any atom is 0.255 e. The molecule has 0 bridgehead atoms. The van der Waals surface area contributed by atoms with Gasteiger partial charge in [0.2, 0.25) is 10.0 Å². The lowest BCUT2D eigenvalue weighted by Crippen LogP contribution is -2.25. The predicted octanol–water partition coefficient (Wildman–Crippen LogP) is 2.99. The van der Waals surface area contributed by atoms with Gasteiger partial charge in [-0.25, -0.2) is 13.1 Å².